The van der Waals surface area contributed by atoms with Crippen LogP contribution in [0, 0.1) is 5.82 Å². The molecule has 2 N–H and O–H groups in total. The quantitative estimate of drug-likeness (QED) is 0.882. The number of aromatic nitrogens is 2. The molecule has 1 aromatic carbocycles. The molecule has 2 aromatic rings. The van der Waals surface area contributed by atoms with Crippen molar-refractivity contribution in [2.24, 2.45) is 0 Å². The van der Waals surface area contributed by atoms with Crippen molar-refractivity contribution < 1.29 is 19.1 Å². The van der Waals surface area contributed by atoms with E-state index in [1.807, 2.05) is 0 Å². The molecule has 0 aliphatic heterocycles. The zero-order valence-corrected chi connectivity index (χ0v) is 13.0. The maximum Gasteiger partial charge on any atom is 0.305 e. The van der Waals surface area contributed by atoms with E-state index in [0.717, 1.165) is 12.8 Å². The lowest BCUT2D eigenvalue weighted by molar-refractivity contribution is -0.138. The molecule has 0 radical (unpaired) electrons. The Morgan fingerprint density at radius 3 is 2.62 bits per heavy atom. The Bertz CT molecular complexity index is 766. The predicted octanol–water partition coefficient (Wildman–Crippen LogP) is 2.53. The molecule has 0 unspecified atom stereocenters. The summed E-state index contributed by atoms with van der Waals surface area (Å²) in [6, 6.07) is 7.63. The number of carboxylic acids is 1. The molecular weight excluding hydrogens is 313 g/mol. The molecule has 1 amide bonds. The second-order valence-corrected chi connectivity index (χ2v) is 6.11. The van der Waals surface area contributed by atoms with Gasteiger partial charge in [0, 0.05) is 6.20 Å². The highest BCUT2D eigenvalue weighted by molar-refractivity contribution is 5.93. The number of amides is 1. The van der Waals surface area contributed by atoms with Crippen LogP contribution in [0.3, 0.4) is 0 Å². The van der Waals surface area contributed by atoms with Crippen LogP contribution in [0.1, 0.15) is 42.6 Å². The first kappa shape index (κ1) is 16.2. The number of carbonyl (C=O) groups is 2. The summed E-state index contributed by atoms with van der Waals surface area (Å²) in [6.45, 7) is 0. The van der Waals surface area contributed by atoms with Gasteiger partial charge in [0.1, 0.15) is 11.5 Å². The number of hydrogen-bond acceptors (Lipinski definition) is 3. The van der Waals surface area contributed by atoms with Crippen molar-refractivity contribution in [1.82, 2.24) is 15.1 Å². The third kappa shape index (κ3) is 3.29. The SMILES string of the molecule is O=C(O)CC1(NC(=O)c2ccn(-c3ccccc3F)n2)CCCC1. The Labute approximate surface area is 138 Å². The average Bonchev–Trinajstić information content (AvgIpc) is 3.17. The van der Waals surface area contributed by atoms with Crippen molar-refractivity contribution in [2.45, 2.75) is 37.6 Å². The van der Waals surface area contributed by atoms with Crippen molar-refractivity contribution >= 4 is 11.9 Å². The number of para-hydroxylation sites is 1. The van der Waals surface area contributed by atoms with Crippen molar-refractivity contribution in [1.29, 1.82) is 0 Å². The number of benzene rings is 1. The second kappa shape index (κ2) is 6.43. The Balaban J connectivity index is 1.79. The first-order valence-electron chi connectivity index (χ1n) is 7.84. The Morgan fingerprint density at radius 2 is 1.96 bits per heavy atom. The van der Waals surface area contributed by atoms with Gasteiger partial charge in [-0.15, -0.1) is 0 Å². The Morgan fingerprint density at radius 1 is 1.25 bits per heavy atom. The number of hydrogen-bond donors (Lipinski definition) is 2. The minimum atomic E-state index is -0.936. The zero-order chi connectivity index (χ0) is 17.2. The van der Waals surface area contributed by atoms with Gasteiger partial charge in [-0.2, -0.15) is 5.10 Å². The van der Waals surface area contributed by atoms with Gasteiger partial charge in [-0.1, -0.05) is 25.0 Å². The molecule has 7 heteroatoms. The fraction of sp³-hybridized carbons (Fsp3) is 0.353. The van der Waals surface area contributed by atoms with Gasteiger partial charge in [0.25, 0.3) is 5.91 Å². The van der Waals surface area contributed by atoms with Gasteiger partial charge >= 0.3 is 5.97 Å². The van der Waals surface area contributed by atoms with Crippen LogP contribution < -0.4 is 5.32 Å². The topological polar surface area (TPSA) is 84.2 Å². The highest BCUT2D eigenvalue weighted by Crippen LogP contribution is 2.32. The van der Waals surface area contributed by atoms with Gasteiger partial charge in [0.15, 0.2) is 5.69 Å². The van der Waals surface area contributed by atoms with Crippen LogP contribution in [-0.2, 0) is 4.79 Å². The van der Waals surface area contributed by atoms with E-state index in [1.54, 1.807) is 18.2 Å². The normalized spacial score (nSPS) is 16.0. The van der Waals surface area contributed by atoms with Crippen LogP contribution in [0.25, 0.3) is 5.69 Å². The second-order valence-electron chi connectivity index (χ2n) is 6.11. The summed E-state index contributed by atoms with van der Waals surface area (Å²) >= 11 is 0. The van der Waals surface area contributed by atoms with E-state index in [-0.39, 0.29) is 17.8 Å². The third-order valence-corrected chi connectivity index (χ3v) is 4.35. The van der Waals surface area contributed by atoms with Gasteiger partial charge in [0.05, 0.1) is 12.0 Å². The van der Waals surface area contributed by atoms with Gasteiger partial charge < -0.3 is 10.4 Å². The van der Waals surface area contributed by atoms with Gasteiger partial charge in [0.2, 0.25) is 0 Å². The van der Waals surface area contributed by atoms with Gasteiger partial charge in [-0.25, -0.2) is 9.07 Å². The summed E-state index contributed by atoms with van der Waals surface area (Å²) in [5.41, 5.74) is -0.336. The molecule has 0 saturated heterocycles. The third-order valence-electron chi connectivity index (χ3n) is 4.35. The number of nitrogens with one attached hydrogen (secondary N) is 1. The number of carbonyl (C=O) groups excluding carboxylic acids is 1. The van der Waals surface area contributed by atoms with Crippen molar-refractivity contribution in [3.05, 3.63) is 48.0 Å². The molecule has 0 bridgehead atoms. The number of aliphatic carboxylic acids is 1. The first-order chi connectivity index (χ1) is 11.5. The van der Waals surface area contributed by atoms with E-state index >= 15 is 0 Å². The van der Waals surface area contributed by atoms with E-state index in [1.165, 1.54) is 23.0 Å². The molecule has 24 heavy (non-hydrogen) atoms. The Hall–Kier alpha value is -2.70. The van der Waals surface area contributed by atoms with Crippen LogP contribution in [-0.4, -0.2) is 32.3 Å². The molecule has 1 aliphatic carbocycles. The molecular formula is C17H18FN3O3. The molecule has 0 atom stereocenters. The summed E-state index contributed by atoms with van der Waals surface area (Å²) in [7, 11) is 0. The van der Waals surface area contributed by atoms with Crippen molar-refractivity contribution in [3.63, 3.8) is 0 Å². The van der Waals surface area contributed by atoms with E-state index < -0.39 is 23.2 Å². The van der Waals surface area contributed by atoms with E-state index in [0.29, 0.717) is 12.8 Å². The monoisotopic (exact) mass is 331 g/mol. The minimum absolute atomic E-state index is 0.104. The summed E-state index contributed by atoms with van der Waals surface area (Å²) in [4.78, 5) is 23.5. The minimum Gasteiger partial charge on any atom is -0.481 e. The summed E-state index contributed by atoms with van der Waals surface area (Å²) in [5, 5.41) is 16.0. The molecule has 1 heterocycles. The summed E-state index contributed by atoms with van der Waals surface area (Å²) < 4.78 is 15.1. The van der Waals surface area contributed by atoms with Crippen LogP contribution in [0.5, 0.6) is 0 Å². The van der Waals surface area contributed by atoms with Crippen LogP contribution in [0.4, 0.5) is 4.39 Å². The molecule has 6 nitrogen and oxygen atoms in total. The van der Waals surface area contributed by atoms with Crippen LogP contribution >= 0.6 is 0 Å². The molecule has 3 rings (SSSR count). The number of nitrogens with zero attached hydrogens (tertiary/aromatic N) is 2. The standard InChI is InChI=1S/C17H18FN3O3/c18-12-5-1-2-6-14(12)21-10-7-13(20-21)16(24)19-17(11-15(22)23)8-3-4-9-17/h1-2,5-7,10H,3-4,8-9,11H2,(H,19,24)(H,22,23). The van der Waals surface area contributed by atoms with Gasteiger partial charge in [-0.05, 0) is 31.0 Å². The number of halogens is 1. The van der Waals surface area contributed by atoms with Crippen molar-refractivity contribution in [2.75, 3.05) is 0 Å². The highest BCUT2D eigenvalue weighted by Gasteiger charge is 2.38. The Kier molecular flexibility index (Phi) is 4.33. The molecule has 1 fully saturated rings. The zero-order valence-electron chi connectivity index (χ0n) is 13.0. The van der Waals surface area contributed by atoms with E-state index in [4.69, 9.17) is 5.11 Å². The van der Waals surface area contributed by atoms with Gasteiger partial charge in [-0.3, -0.25) is 9.59 Å². The highest BCUT2D eigenvalue weighted by atomic mass is 19.1. The lowest BCUT2D eigenvalue weighted by Gasteiger charge is -2.28. The molecule has 0 spiro atoms. The van der Waals surface area contributed by atoms with Crippen LogP contribution in [0.2, 0.25) is 0 Å². The molecule has 1 saturated carbocycles. The number of rotatable bonds is 5. The first-order valence-corrected chi connectivity index (χ1v) is 7.84. The summed E-state index contributed by atoms with van der Waals surface area (Å²) in [6.07, 6.45) is 4.45. The number of carboxylic acid groups (broad SMARTS) is 1. The molecule has 1 aliphatic rings. The predicted molar refractivity (Wildman–Crippen MR) is 84.4 cm³/mol. The fourth-order valence-electron chi connectivity index (χ4n) is 3.21. The van der Waals surface area contributed by atoms with Crippen LogP contribution in [0.15, 0.2) is 36.5 Å². The fourth-order valence-corrected chi connectivity index (χ4v) is 3.21. The molecule has 126 valence electrons. The van der Waals surface area contributed by atoms with E-state index in [9.17, 15) is 14.0 Å². The van der Waals surface area contributed by atoms with E-state index in [2.05, 4.69) is 10.4 Å². The van der Waals surface area contributed by atoms with Crippen molar-refractivity contribution in [3.8, 4) is 5.69 Å². The average molecular weight is 331 g/mol. The smallest absolute Gasteiger partial charge is 0.305 e. The lowest BCUT2D eigenvalue weighted by atomic mass is 9.93. The largest absolute Gasteiger partial charge is 0.481 e. The summed E-state index contributed by atoms with van der Waals surface area (Å²) in [5.74, 6) is -1.81. The lowest BCUT2D eigenvalue weighted by Crippen LogP contribution is -2.48. The maximum atomic E-state index is 13.8. The molecule has 1 aromatic heterocycles. The maximum absolute atomic E-state index is 13.8.